The number of hydrogen-bond donors (Lipinski definition) is 3. The zero-order valence-corrected chi connectivity index (χ0v) is 21.7. The maximum absolute atomic E-state index is 10.1. The van der Waals surface area contributed by atoms with Crippen molar-refractivity contribution in [3.8, 4) is 5.75 Å². The monoisotopic (exact) mass is 512 g/mol. The van der Waals surface area contributed by atoms with Crippen LogP contribution in [0.5, 0.6) is 5.75 Å². The molecule has 1 aliphatic carbocycles. The molecule has 194 valence electrons. The van der Waals surface area contributed by atoms with Crippen molar-refractivity contribution >= 4 is 23.4 Å². The summed E-state index contributed by atoms with van der Waals surface area (Å²) in [5.41, 5.74) is 7.45. The molecular formula is C26H36N6O3S. The van der Waals surface area contributed by atoms with Crippen LogP contribution in [-0.2, 0) is 6.61 Å². The molecule has 0 aromatic carbocycles. The van der Waals surface area contributed by atoms with Gasteiger partial charge in [0, 0.05) is 44.4 Å². The summed E-state index contributed by atoms with van der Waals surface area (Å²) in [5, 5.41) is 20.5. The molecule has 36 heavy (non-hydrogen) atoms. The molecule has 1 spiro atoms. The normalized spacial score (nSPS) is 28.8. The van der Waals surface area contributed by atoms with Crippen LogP contribution in [0.25, 0.3) is 0 Å². The van der Waals surface area contributed by atoms with Crippen LogP contribution in [0.3, 0.4) is 0 Å². The van der Waals surface area contributed by atoms with E-state index in [1.54, 1.807) is 12.4 Å². The maximum atomic E-state index is 10.1. The Morgan fingerprint density at radius 3 is 2.75 bits per heavy atom. The Labute approximate surface area is 216 Å². The summed E-state index contributed by atoms with van der Waals surface area (Å²) in [6.07, 6.45) is 9.08. The van der Waals surface area contributed by atoms with Crippen molar-refractivity contribution in [3.63, 3.8) is 0 Å². The smallest absolute Gasteiger partial charge is 0.175 e. The molecule has 4 N–H and O–H groups in total. The lowest BCUT2D eigenvalue weighted by Gasteiger charge is -2.43. The quantitative estimate of drug-likeness (QED) is 0.551. The van der Waals surface area contributed by atoms with Gasteiger partial charge in [0.2, 0.25) is 0 Å². The van der Waals surface area contributed by atoms with E-state index in [-0.39, 0.29) is 36.6 Å². The highest BCUT2D eigenvalue weighted by atomic mass is 32.2. The predicted molar refractivity (Wildman–Crippen MR) is 138 cm³/mol. The second-order valence-electron chi connectivity index (χ2n) is 11.0. The van der Waals surface area contributed by atoms with Gasteiger partial charge in [-0.2, -0.15) is 0 Å². The van der Waals surface area contributed by atoms with Gasteiger partial charge in [0.15, 0.2) is 17.4 Å². The number of anilines is 2. The van der Waals surface area contributed by atoms with Crippen LogP contribution >= 0.6 is 11.8 Å². The summed E-state index contributed by atoms with van der Waals surface area (Å²) in [5.74, 6) is 3.22. The molecular weight excluding hydrogens is 476 g/mol. The third-order valence-corrected chi connectivity index (χ3v) is 9.89. The van der Waals surface area contributed by atoms with Gasteiger partial charge in [-0.3, -0.25) is 0 Å². The van der Waals surface area contributed by atoms with Gasteiger partial charge >= 0.3 is 0 Å². The van der Waals surface area contributed by atoms with Crippen molar-refractivity contribution in [2.45, 2.75) is 67.6 Å². The van der Waals surface area contributed by atoms with Crippen molar-refractivity contribution in [1.82, 2.24) is 15.0 Å². The average Bonchev–Trinajstić information content (AvgIpc) is 3.46. The first-order chi connectivity index (χ1) is 17.5. The Morgan fingerprint density at radius 2 is 2.03 bits per heavy atom. The van der Waals surface area contributed by atoms with Crippen molar-refractivity contribution in [3.05, 3.63) is 24.2 Å². The van der Waals surface area contributed by atoms with E-state index in [0.29, 0.717) is 18.2 Å². The number of piperidine rings is 1. The van der Waals surface area contributed by atoms with Gasteiger partial charge in [0.05, 0.1) is 23.7 Å². The summed E-state index contributed by atoms with van der Waals surface area (Å²) >= 11 is 1.48. The zero-order chi connectivity index (χ0) is 24.9. The van der Waals surface area contributed by atoms with Gasteiger partial charge in [-0.25, -0.2) is 15.0 Å². The van der Waals surface area contributed by atoms with Crippen LogP contribution in [0.1, 0.15) is 44.7 Å². The molecule has 2 saturated heterocycles. The molecule has 3 fully saturated rings. The number of aliphatic hydroxyl groups is 2. The highest BCUT2D eigenvalue weighted by Crippen LogP contribution is 2.49. The van der Waals surface area contributed by atoms with Crippen molar-refractivity contribution < 1.29 is 14.9 Å². The van der Waals surface area contributed by atoms with E-state index in [2.05, 4.69) is 21.7 Å². The van der Waals surface area contributed by atoms with Gasteiger partial charge in [0.25, 0.3) is 0 Å². The summed E-state index contributed by atoms with van der Waals surface area (Å²) < 4.78 is 6.15. The number of ether oxygens (including phenoxy) is 1. The largest absolute Gasteiger partial charge is 0.486 e. The Kier molecular flexibility index (Phi) is 6.47. The van der Waals surface area contributed by atoms with Crippen LogP contribution in [0.2, 0.25) is 0 Å². The van der Waals surface area contributed by atoms with Crippen LogP contribution < -0.4 is 20.3 Å². The fourth-order valence-corrected chi connectivity index (χ4v) is 7.59. The molecule has 4 atom stereocenters. The van der Waals surface area contributed by atoms with Crippen LogP contribution in [0, 0.1) is 17.3 Å². The number of pyridine rings is 1. The van der Waals surface area contributed by atoms with Gasteiger partial charge < -0.3 is 30.5 Å². The average molecular weight is 513 g/mol. The topological polar surface area (TPSA) is 121 Å². The third-order valence-electron chi connectivity index (χ3n) is 8.94. The first kappa shape index (κ1) is 24.2. The van der Waals surface area contributed by atoms with Crippen LogP contribution in [-0.4, -0.2) is 70.1 Å². The summed E-state index contributed by atoms with van der Waals surface area (Å²) in [7, 11) is 0. The number of nitrogens with two attached hydrogens (primary N) is 1. The van der Waals surface area contributed by atoms with E-state index < -0.39 is 0 Å². The van der Waals surface area contributed by atoms with Crippen LogP contribution in [0.15, 0.2) is 28.4 Å². The minimum absolute atomic E-state index is 0.155. The predicted octanol–water partition coefficient (Wildman–Crippen LogP) is 2.44. The minimum Gasteiger partial charge on any atom is -0.486 e. The zero-order valence-electron chi connectivity index (χ0n) is 20.8. The maximum Gasteiger partial charge on any atom is 0.175 e. The van der Waals surface area contributed by atoms with E-state index >= 15 is 0 Å². The van der Waals surface area contributed by atoms with Gasteiger partial charge in [-0.1, -0.05) is 18.7 Å². The number of fused-ring (bicyclic) bond motifs is 3. The Hall–Kier alpha value is -2.14. The molecule has 0 bridgehead atoms. The highest BCUT2D eigenvalue weighted by molar-refractivity contribution is 7.99. The Balaban J connectivity index is 1.19. The summed E-state index contributed by atoms with van der Waals surface area (Å²) in [6.45, 7) is 5.48. The van der Waals surface area contributed by atoms with Crippen molar-refractivity contribution in [2.75, 3.05) is 42.6 Å². The molecule has 9 nitrogen and oxygen atoms in total. The molecule has 2 aromatic rings. The molecule has 6 rings (SSSR count). The fourth-order valence-electron chi connectivity index (χ4n) is 6.73. The van der Waals surface area contributed by atoms with Crippen molar-refractivity contribution in [1.29, 1.82) is 0 Å². The van der Waals surface area contributed by atoms with E-state index in [1.807, 2.05) is 6.07 Å². The molecule has 10 heteroatoms. The van der Waals surface area contributed by atoms with E-state index in [4.69, 9.17) is 20.4 Å². The molecule has 0 unspecified atom stereocenters. The fraction of sp³-hybridized carbons (Fsp3) is 0.654. The first-order valence-corrected chi connectivity index (χ1v) is 14.0. The lowest BCUT2D eigenvalue weighted by molar-refractivity contribution is 0.185. The number of nitrogens with zero attached hydrogens (tertiary/aromatic N) is 5. The minimum atomic E-state index is -0.155. The second kappa shape index (κ2) is 9.63. The lowest BCUT2D eigenvalue weighted by atomic mass is 9.73. The Bertz CT molecular complexity index is 1110. The SMILES string of the molecule is C[C@@H]1CCC2(CCN(c3ncc(Sc4ccnc5c4OC[C@@H]4C[C@H](CO)CN54)nc3CO)CC2)[C@@H]1N. The van der Waals surface area contributed by atoms with Gasteiger partial charge in [-0.05, 0) is 49.5 Å². The highest BCUT2D eigenvalue weighted by Gasteiger charge is 2.46. The van der Waals surface area contributed by atoms with Gasteiger partial charge in [-0.15, -0.1) is 0 Å². The molecule has 5 heterocycles. The van der Waals surface area contributed by atoms with E-state index in [9.17, 15) is 10.2 Å². The number of rotatable bonds is 5. The lowest BCUT2D eigenvalue weighted by Crippen LogP contribution is -2.48. The molecule has 4 aliphatic rings. The standard InChI is InChI=1S/C26H36N6O3S/c1-16-2-4-26(23(16)27)5-8-31(9-6-26)24-19(14-34)30-21(11-29-24)36-20-3-7-28-25-22(20)35-15-18-10-17(13-33)12-32(18)25/h3,7,11,16-18,23,33-34H,2,4-6,8-10,12-15,27H2,1H3/t16-,17+,18+,23-/m1/s1. The van der Waals surface area contributed by atoms with Gasteiger partial charge in [0.1, 0.15) is 17.3 Å². The summed E-state index contributed by atoms with van der Waals surface area (Å²) in [4.78, 5) is 19.6. The molecule has 1 saturated carbocycles. The molecule has 3 aliphatic heterocycles. The molecule has 0 radical (unpaired) electrons. The summed E-state index contributed by atoms with van der Waals surface area (Å²) in [6, 6.07) is 2.47. The van der Waals surface area contributed by atoms with E-state index in [1.165, 1.54) is 24.6 Å². The first-order valence-electron chi connectivity index (χ1n) is 13.2. The van der Waals surface area contributed by atoms with Crippen molar-refractivity contribution in [2.24, 2.45) is 23.0 Å². The number of aromatic nitrogens is 3. The molecule has 0 amide bonds. The van der Waals surface area contributed by atoms with E-state index in [0.717, 1.165) is 66.2 Å². The number of aliphatic hydroxyl groups excluding tert-OH is 2. The second-order valence-corrected chi connectivity index (χ2v) is 12.1. The molecule has 2 aromatic heterocycles. The number of hydrogen-bond acceptors (Lipinski definition) is 10. The third kappa shape index (κ3) is 4.12. The Morgan fingerprint density at radius 1 is 1.19 bits per heavy atom. The van der Waals surface area contributed by atoms with Crippen LogP contribution in [0.4, 0.5) is 11.6 Å².